The molecule has 9 aromatic carbocycles. The van der Waals surface area contributed by atoms with Crippen LogP contribution in [0.2, 0.25) is 0 Å². The highest BCUT2D eigenvalue weighted by Crippen LogP contribution is 2.29. The van der Waals surface area contributed by atoms with Crippen LogP contribution in [0.5, 0.6) is 0 Å². The first kappa shape index (κ1) is 62.0. The van der Waals surface area contributed by atoms with Crippen LogP contribution in [0.3, 0.4) is 0 Å². The number of aliphatic hydroxyl groups is 1. The molecule has 0 amide bonds. The predicted octanol–water partition coefficient (Wildman–Crippen LogP) is 15.3. The molecular formula is C72H77N3O7. The summed E-state index contributed by atoms with van der Waals surface area (Å²) < 4.78 is 0. The van der Waals surface area contributed by atoms with Gasteiger partial charge in [-0.05, 0) is 127 Å². The van der Waals surface area contributed by atoms with Gasteiger partial charge in [0, 0.05) is 56.3 Å². The summed E-state index contributed by atoms with van der Waals surface area (Å²) in [5, 5.41) is 33.8. The molecule has 422 valence electrons. The van der Waals surface area contributed by atoms with E-state index in [2.05, 4.69) is 293 Å². The normalized spacial score (nSPS) is 10.6. The minimum atomic E-state index is -2.74. The third-order valence-corrected chi connectivity index (χ3v) is 14.3. The van der Waals surface area contributed by atoms with Crippen molar-refractivity contribution in [1.29, 1.82) is 0 Å². The number of carboxylic acids is 3. The fourth-order valence-corrected chi connectivity index (χ4v) is 9.45. The van der Waals surface area contributed by atoms with Crippen LogP contribution in [0.25, 0.3) is 0 Å². The topological polar surface area (TPSA) is 142 Å². The lowest BCUT2D eigenvalue weighted by Crippen LogP contribution is -2.42. The molecule has 0 aliphatic heterocycles. The lowest BCUT2D eigenvalue weighted by molar-refractivity contribution is -0.170. The van der Waals surface area contributed by atoms with Crippen LogP contribution in [0, 0.1) is 41.5 Å². The Labute approximate surface area is 484 Å². The Kier molecular flexibility index (Phi) is 23.8. The number of aryl methyl sites for hydroxylation is 3. The molecule has 0 aliphatic rings. The molecule has 10 nitrogen and oxygen atoms in total. The minimum Gasteiger partial charge on any atom is -0.481 e. The maximum absolute atomic E-state index is 10.3. The van der Waals surface area contributed by atoms with E-state index < -0.39 is 36.4 Å². The van der Waals surface area contributed by atoms with Gasteiger partial charge in [-0.1, -0.05) is 218 Å². The summed E-state index contributed by atoms with van der Waals surface area (Å²) in [5.41, 5.74) is 17.3. The Balaban J connectivity index is 0.000000180. The van der Waals surface area contributed by atoms with Crippen LogP contribution < -0.4 is 14.7 Å². The molecule has 0 aromatic heterocycles. The highest BCUT2D eigenvalue weighted by atomic mass is 16.4. The van der Waals surface area contributed by atoms with Gasteiger partial charge in [-0.25, -0.2) is 4.79 Å². The third-order valence-electron chi connectivity index (χ3n) is 14.3. The maximum atomic E-state index is 10.3. The van der Waals surface area contributed by atoms with Crippen molar-refractivity contribution in [3.8, 4) is 0 Å². The second-order valence-corrected chi connectivity index (χ2v) is 20.6. The predicted molar refractivity (Wildman–Crippen MR) is 333 cm³/mol. The monoisotopic (exact) mass is 1100 g/mol. The summed E-state index contributed by atoms with van der Waals surface area (Å²) in [6.07, 6.45) is -2.29. The fourth-order valence-electron chi connectivity index (χ4n) is 9.45. The van der Waals surface area contributed by atoms with Crippen molar-refractivity contribution in [3.63, 3.8) is 0 Å². The van der Waals surface area contributed by atoms with Crippen molar-refractivity contribution in [3.05, 3.63) is 303 Å². The van der Waals surface area contributed by atoms with E-state index in [0.717, 1.165) is 39.3 Å². The molecule has 9 aromatic rings. The van der Waals surface area contributed by atoms with Gasteiger partial charge in [0.1, 0.15) is 0 Å². The number of hydrogen-bond donors (Lipinski definition) is 4. The van der Waals surface area contributed by atoms with Gasteiger partial charge in [-0.3, -0.25) is 9.59 Å². The number of carboxylic acid groups (broad SMARTS) is 3. The van der Waals surface area contributed by atoms with Crippen molar-refractivity contribution >= 4 is 35.0 Å². The van der Waals surface area contributed by atoms with Gasteiger partial charge in [0.05, 0.1) is 12.8 Å². The molecule has 0 bridgehead atoms. The molecule has 0 radical (unpaired) electrons. The number of carbonyl (C=O) groups is 3. The molecule has 0 aliphatic carbocycles. The summed E-state index contributed by atoms with van der Waals surface area (Å²) in [6.45, 7) is 18.7. The van der Waals surface area contributed by atoms with Crippen LogP contribution >= 0.6 is 0 Å². The van der Waals surface area contributed by atoms with Crippen LogP contribution in [-0.4, -0.2) is 43.9 Å². The SMILES string of the molecule is Cc1cccc(N(Cc2ccccc2)Cc2ccccc2)c1C.Cc1cccc(N(Cc2ccccc2)Cc2ccccc2)c1C.Cc1cccc(N(Cc2ccccc2)Cc2ccccc2)c1C.O=C(O)CC(O)(CC(=O)O)C(=O)O. The summed E-state index contributed by atoms with van der Waals surface area (Å²) in [7, 11) is 0. The minimum absolute atomic E-state index is 0.917. The van der Waals surface area contributed by atoms with Crippen molar-refractivity contribution in [1.82, 2.24) is 0 Å². The summed E-state index contributed by atoms with van der Waals surface area (Å²) in [5.74, 6) is -5.02. The molecule has 10 heteroatoms. The molecule has 0 fully saturated rings. The molecule has 0 heterocycles. The highest BCUT2D eigenvalue weighted by Gasteiger charge is 2.40. The zero-order chi connectivity index (χ0) is 58.9. The van der Waals surface area contributed by atoms with Crippen molar-refractivity contribution < 1.29 is 34.8 Å². The van der Waals surface area contributed by atoms with E-state index in [1.165, 1.54) is 83.8 Å². The molecule has 9 rings (SSSR count). The van der Waals surface area contributed by atoms with E-state index in [9.17, 15) is 14.4 Å². The first-order valence-corrected chi connectivity index (χ1v) is 27.6. The third kappa shape index (κ3) is 19.5. The van der Waals surface area contributed by atoms with Gasteiger partial charge in [-0.2, -0.15) is 0 Å². The van der Waals surface area contributed by atoms with Gasteiger partial charge in [-0.15, -0.1) is 0 Å². The number of nitrogens with zero attached hydrogens (tertiary/aromatic N) is 3. The molecular weight excluding hydrogens is 1020 g/mol. The zero-order valence-electron chi connectivity index (χ0n) is 48.0. The van der Waals surface area contributed by atoms with Gasteiger partial charge in [0.2, 0.25) is 0 Å². The van der Waals surface area contributed by atoms with E-state index in [0.29, 0.717) is 0 Å². The molecule has 0 spiro atoms. The highest BCUT2D eigenvalue weighted by molar-refractivity contribution is 5.88. The Morgan fingerprint density at radius 3 is 0.671 bits per heavy atom. The lowest BCUT2D eigenvalue weighted by Gasteiger charge is -2.27. The van der Waals surface area contributed by atoms with E-state index in [1.54, 1.807) is 0 Å². The second kappa shape index (κ2) is 31.5. The van der Waals surface area contributed by atoms with Gasteiger partial charge >= 0.3 is 17.9 Å². The van der Waals surface area contributed by atoms with Crippen LogP contribution in [-0.2, 0) is 53.7 Å². The molecule has 0 atom stereocenters. The number of aliphatic carboxylic acids is 3. The number of hydrogen-bond acceptors (Lipinski definition) is 7. The quantitative estimate of drug-likeness (QED) is 0.0583. The van der Waals surface area contributed by atoms with E-state index in [1.807, 2.05) is 0 Å². The fraction of sp³-hybridized carbons (Fsp3) is 0.208. The van der Waals surface area contributed by atoms with Crippen LogP contribution in [0.15, 0.2) is 237 Å². The lowest BCUT2D eigenvalue weighted by atomic mass is 9.96. The number of benzene rings is 9. The first-order chi connectivity index (χ1) is 39.5. The number of anilines is 3. The van der Waals surface area contributed by atoms with Crippen molar-refractivity contribution in [2.45, 2.75) is 99.3 Å². The average molecular weight is 1100 g/mol. The largest absolute Gasteiger partial charge is 0.481 e. The van der Waals surface area contributed by atoms with Crippen molar-refractivity contribution in [2.24, 2.45) is 0 Å². The molecule has 82 heavy (non-hydrogen) atoms. The molecule has 0 saturated carbocycles. The Morgan fingerprint density at radius 1 is 0.305 bits per heavy atom. The first-order valence-electron chi connectivity index (χ1n) is 27.6. The Bertz CT molecular complexity index is 2920. The summed E-state index contributed by atoms with van der Waals surface area (Å²) in [4.78, 5) is 37.9. The standard InChI is InChI=1S/3C22H23N.C6H8O7/c3*1-18-10-9-15-22(19(18)2)23(16-20-11-5-3-6-12-20)17-21-13-7-4-8-14-21;7-3(8)1-6(13,5(11)12)2-4(9)10/h3*3-15H,16-17H2,1-2H3;13H,1-2H2,(H,7,8)(H,9,10)(H,11,12). The van der Waals surface area contributed by atoms with Crippen LogP contribution in [0.1, 0.15) is 79.6 Å². The van der Waals surface area contributed by atoms with Gasteiger partial charge < -0.3 is 35.1 Å². The van der Waals surface area contributed by atoms with Gasteiger partial charge in [0.25, 0.3) is 0 Å². The summed E-state index contributed by atoms with van der Waals surface area (Å²) in [6, 6.07) is 83.8. The van der Waals surface area contributed by atoms with E-state index >= 15 is 0 Å². The van der Waals surface area contributed by atoms with E-state index in [4.69, 9.17) is 20.4 Å². The maximum Gasteiger partial charge on any atom is 0.336 e. The Morgan fingerprint density at radius 2 is 0.500 bits per heavy atom. The summed E-state index contributed by atoms with van der Waals surface area (Å²) >= 11 is 0. The van der Waals surface area contributed by atoms with Gasteiger partial charge in [0.15, 0.2) is 5.60 Å². The average Bonchev–Trinajstić information content (AvgIpc) is 3.47. The second-order valence-electron chi connectivity index (χ2n) is 20.6. The Hall–Kier alpha value is -9.25. The molecule has 0 unspecified atom stereocenters. The molecule has 4 N–H and O–H groups in total. The smallest absolute Gasteiger partial charge is 0.336 e. The number of rotatable bonds is 20. The zero-order valence-corrected chi connectivity index (χ0v) is 48.0. The van der Waals surface area contributed by atoms with Crippen LogP contribution in [0.4, 0.5) is 17.1 Å². The molecule has 0 saturated heterocycles. The van der Waals surface area contributed by atoms with E-state index in [-0.39, 0.29) is 0 Å². The van der Waals surface area contributed by atoms with Crippen molar-refractivity contribution in [2.75, 3.05) is 14.7 Å².